The number of fused-ring (bicyclic) bond motifs is 1. The first kappa shape index (κ1) is 28.8. The van der Waals surface area contributed by atoms with E-state index in [1.54, 1.807) is 33.8 Å². The number of nitrogens with one attached hydrogen (secondary N) is 1. The van der Waals surface area contributed by atoms with Gasteiger partial charge < -0.3 is 20.7 Å². The lowest BCUT2D eigenvalue weighted by Gasteiger charge is -2.34. The van der Waals surface area contributed by atoms with Crippen LogP contribution in [0.25, 0.3) is 22.3 Å². The minimum absolute atomic E-state index is 0.0144. The van der Waals surface area contributed by atoms with Crippen molar-refractivity contribution in [1.29, 1.82) is 0 Å². The second-order valence-electron chi connectivity index (χ2n) is 11.1. The molecule has 1 atom stereocenters. The maximum absolute atomic E-state index is 13.9. The van der Waals surface area contributed by atoms with Crippen LogP contribution < -0.4 is 11.1 Å². The first-order valence-electron chi connectivity index (χ1n) is 13.4. The highest BCUT2D eigenvalue weighted by Gasteiger charge is 2.31. The lowest BCUT2D eigenvalue weighted by molar-refractivity contribution is 0.0169. The van der Waals surface area contributed by atoms with Crippen LogP contribution in [0.2, 0.25) is 0 Å². The van der Waals surface area contributed by atoms with Crippen molar-refractivity contribution >= 4 is 28.9 Å². The fraction of sp³-hybridized carbons (Fsp3) is 0.345. The largest absolute Gasteiger partial charge is 0.444 e. The molecule has 42 heavy (non-hydrogen) atoms. The number of anilines is 1. The van der Waals surface area contributed by atoms with Gasteiger partial charge in [0.25, 0.3) is 5.91 Å². The van der Waals surface area contributed by atoms with Crippen LogP contribution in [0.15, 0.2) is 42.7 Å². The summed E-state index contributed by atoms with van der Waals surface area (Å²) in [4.78, 5) is 35.4. The van der Waals surface area contributed by atoms with Crippen molar-refractivity contribution in [3.8, 4) is 11.3 Å². The molecule has 3 heterocycles. The summed E-state index contributed by atoms with van der Waals surface area (Å²) in [7, 11) is 0. The second kappa shape index (κ2) is 11.3. The minimum atomic E-state index is -1.37. The number of amides is 2. The number of nitrogens with two attached hydrogens (primary N) is 1. The maximum Gasteiger partial charge on any atom is 0.410 e. The van der Waals surface area contributed by atoms with Gasteiger partial charge in [0.05, 0.1) is 17.0 Å². The summed E-state index contributed by atoms with van der Waals surface area (Å²) in [5.41, 5.74) is 7.53. The molecule has 13 heteroatoms. The van der Waals surface area contributed by atoms with E-state index in [0.717, 1.165) is 12.8 Å². The van der Waals surface area contributed by atoms with Gasteiger partial charge in [-0.2, -0.15) is 5.10 Å². The number of benzene rings is 2. The summed E-state index contributed by atoms with van der Waals surface area (Å²) in [6.07, 6.45) is 2.52. The molecular formula is C29H30F3N7O3. The number of carbonyl (C=O) groups is 2. The fourth-order valence-electron chi connectivity index (χ4n) is 4.85. The van der Waals surface area contributed by atoms with E-state index in [0.29, 0.717) is 53.1 Å². The topological polar surface area (TPSA) is 128 Å². The number of hydrogen-bond donors (Lipinski definition) is 2. The van der Waals surface area contributed by atoms with Gasteiger partial charge in [0, 0.05) is 31.3 Å². The predicted octanol–water partition coefficient (Wildman–Crippen LogP) is 4.99. The predicted molar refractivity (Wildman–Crippen MR) is 149 cm³/mol. The van der Waals surface area contributed by atoms with Gasteiger partial charge in [0.1, 0.15) is 29.3 Å². The third-order valence-corrected chi connectivity index (χ3v) is 6.85. The molecule has 0 spiro atoms. The Morgan fingerprint density at radius 1 is 1.07 bits per heavy atom. The molecule has 2 amide bonds. The van der Waals surface area contributed by atoms with Crippen LogP contribution in [-0.4, -0.2) is 55.3 Å². The molecule has 0 saturated carbocycles. The monoisotopic (exact) mass is 581 g/mol. The average molecular weight is 582 g/mol. The van der Waals surface area contributed by atoms with E-state index in [9.17, 15) is 22.8 Å². The van der Waals surface area contributed by atoms with Crippen LogP contribution in [0, 0.1) is 17.5 Å². The molecule has 2 aromatic heterocycles. The van der Waals surface area contributed by atoms with Crippen LogP contribution in [0.4, 0.5) is 23.8 Å². The Labute approximate surface area is 239 Å². The van der Waals surface area contributed by atoms with E-state index >= 15 is 0 Å². The molecule has 5 rings (SSSR count). The van der Waals surface area contributed by atoms with Gasteiger partial charge >= 0.3 is 6.09 Å². The van der Waals surface area contributed by atoms with E-state index in [-0.39, 0.29) is 24.5 Å². The summed E-state index contributed by atoms with van der Waals surface area (Å²) in [6.45, 7) is 6.46. The van der Waals surface area contributed by atoms with Gasteiger partial charge in [0.15, 0.2) is 17.3 Å². The molecule has 3 N–H and O–H groups in total. The summed E-state index contributed by atoms with van der Waals surface area (Å²) in [5, 5.41) is 7.93. The Balaban J connectivity index is 1.36. The Kier molecular flexibility index (Phi) is 7.76. The zero-order chi connectivity index (χ0) is 30.2. The van der Waals surface area contributed by atoms with Crippen molar-refractivity contribution in [2.45, 2.75) is 51.8 Å². The fourth-order valence-corrected chi connectivity index (χ4v) is 4.85. The van der Waals surface area contributed by atoms with Gasteiger partial charge in [-0.15, -0.1) is 0 Å². The molecule has 1 fully saturated rings. The lowest BCUT2D eigenvalue weighted by Crippen LogP contribution is -2.43. The summed E-state index contributed by atoms with van der Waals surface area (Å²) >= 11 is 0. The molecule has 1 aliphatic rings. The number of aromatic nitrogens is 4. The first-order chi connectivity index (χ1) is 19.9. The van der Waals surface area contributed by atoms with Gasteiger partial charge in [0.2, 0.25) is 0 Å². The van der Waals surface area contributed by atoms with E-state index in [2.05, 4.69) is 15.3 Å². The number of hydrogen-bond acceptors (Lipinski definition) is 7. The molecule has 0 unspecified atom stereocenters. The Morgan fingerprint density at radius 2 is 1.79 bits per heavy atom. The van der Waals surface area contributed by atoms with Crippen molar-refractivity contribution in [2.75, 3.05) is 18.8 Å². The Bertz CT molecular complexity index is 1650. The highest BCUT2D eigenvalue weighted by atomic mass is 19.2. The number of nitrogens with zero attached hydrogens (tertiary/aromatic N) is 5. The summed E-state index contributed by atoms with van der Waals surface area (Å²) in [5.74, 6) is -4.46. The van der Waals surface area contributed by atoms with Gasteiger partial charge in [-0.25, -0.2) is 32.6 Å². The van der Waals surface area contributed by atoms with Crippen LogP contribution in [0.1, 0.15) is 55.6 Å². The SMILES string of the molecule is CC(C)(C)OC(=O)N1CCC[C@@H](n2nc(-c3ccc(CNC(=O)c4cc(F)c(F)cc4F)cc3)c3c(N)ncnc32)C1. The molecule has 10 nitrogen and oxygen atoms in total. The van der Waals surface area contributed by atoms with Crippen LogP contribution in [-0.2, 0) is 11.3 Å². The van der Waals surface area contributed by atoms with Crippen molar-refractivity contribution in [3.63, 3.8) is 0 Å². The quantitative estimate of drug-likeness (QED) is 0.318. The lowest BCUT2D eigenvalue weighted by atomic mass is 10.1. The van der Waals surface area contributed by atoms with Crippen molar-refractivity contribution in [2.24, 2.45) is 0 Å². The first-order valence-corrected chi connectivity index (χ1v) is 13.4. The highest BCUT2D eigenvalue weighted by molar-refractivity contribution is 5.98. The normalized spacial score (nSPS) is 15.6. The minimum Gasteiger partial charge on any atom is -0.444 e. The molecule has 0 radical (unpaired) electrons. The Hall–Kier alpha value is -4.68. The number of ether oxygens (including phenoxy) is 1. The maximum atomic E-state index is 13.9. The van der Waals surface area contributed by atoms with E-state index in [1.165, 1.54) is 6.33 Å². The Morgan fingerprint density at radius 3 is 2.50 bits per heavy atom. The summed E-state index contributed by atoms with van der Waals surface area (Å²) < 4.78 is 48.0. The third-order valence-electron chi connectivity index (χ3n) is 6.85. The zero-order valence-corrected chi connectivity index (χ0v) is 23.3. The van der Waals surface area contributed by atoms with Crippen molar-refractivity contribution in [1.82, 2.24) is 30.0 Å². The molecule has 4 aromatic rings. The number of halogens is 3. The number of carbonyl (C=O) groups excluding carboxylic acids is 2. The smallest absolute Gasteiger partial charge is 0.410 e. The second-order valence-corrected chi connectivity index (χ2v) is 11.1. The molecule has 1 saturated heterocycles. The van der Waals surface area contributed by atoms with E-state index in [4.69, 9.17) is 15.6 Å². The third kappa shape index (κ3) is 5.99. The van der Waals surface area contributed by atoms with Crippen LogP contribution in [0.5, 0.6) is 0 Å². The summed E-state index contributed by atoms with van der Waals surface area (Å²) in [6, 6.07) is 7.75. The van der Waals surface area contributed by atoms with E-state index < -0.39 is 34.5 Å². The number of piperidine rings is 1. The number of rotatable bonds is 5. The van der Waals surface area contributed by atoms with Crippen molar-refractivity contribution in [3.05, 3.63) is 71.3 Å². The molecule has 2 aromatic carbocycles. The molecule has 0 bridgehead atoms. The number of likely N-dealkylation sites (tertiary alicyclic amines) is 1. The zero-order valence-electron chi connectivity index (χ0n) is 23.3. The van der Waals surface area contributed by atoms with Gasteiger partial charge in [-0.1, -0.05) is 24.3 Å². The molecule has 0 aliphatic carbocycles. The molecule has 220 valence electrons. The number of nitrogen functional groups attached to an aromatic ring is 1. The van der Waals surface area contributed by atoms with Gasteiger partial charge in [-0.05, 0) is 45.2 Å². The van der Waals surface area contributed by atoms with Gasteiger partial charge in [-0.3, -0.25) is 4.79 Å². The van der Waals surface area contributed by atoms with Crippen LogP contribution in [0.3, 0.4) is 0 Å². The average Bonchev–Trinajstić information content (AvgIpc) is 3.34. The van der Waals surface area contributed by atoms with E-state index in [1.807, 2.05) is 20.8 Å². The molecule has 1 aliphatic heterocycles. The van der Waals surface area contributed by atoms with Crippen molar-refractivity contribution < 1.29 is 27.5 Å². The molecular weight excluding hydrogens is 551 g/mol. The standard InChI is InChI=1S/C29H30F3N7O3/c1-29(2,3)42-28(41)38-10-4-5-18(14-38)39-26-23(25(33)35-15-36-26)24(37-39)17-8-6-16(7-9-17)13-34-27(40)19-11-21(31)22(32)12-20(19)30/h6-9,11-12,15,18H,4-5,10,13-14H2,1-3H3,(H,34,40)(H2,33,35,36)/t18-/m1/s1. The highest BCUT2D eigenvalue weighted by Crippen LogP contribution is 2.34. The van der Waals surface area contributed by atoms with Crippen LogP contribution >= 0.6 is 0 Å².